The number of ether oxygens (including phenoxy) is 2. The minimum Gasteiger partial charge on any atom is -0.486 e. The number of fused-ring (bicyclic) bond motifs is 2. The van der Waals surface area contributed by atoms with E-state index in [1.54, 1.807) is 12.1 Å². The number of aromatic nitrogens is 2. The Morgan fingerprint density at radius 1 is 1.10 bits per heavy atom. The second kappa shape index (κ2) is 4.66. The van der Waals surface area contributed by atoms with Crippen molar-refractivity contribution in [1.29, 1.82) is 0 Å². The zero-order chi connectivity index (χ0) is 14.2. The molecule has 3 aromatic rings. The number of anilines is 2. The molecule has 5 nitrogen and oxygen atoms in total. The number of hydrogen-bond donors (Lipinski definition) is 2. The summed E-state index contributed by atoms with van der Waals surface area (Å²) in [6, 6.07) is 9.90. The molecule has 21 heavy (non-hydrogen) atoms. The van der Waals surface area contributed by atoms with Crippen LogP contribution in [0.2, 0.25) is 0 Å². The molecule has 1 aromatic heterocycles. The summed E-state index contributed by atoms with van der Waals surface area (Å²) in [7, 11) is 0. The molecule has 2 N–H and O–H groups in total. The number of H-pyrrole nitrogens is 1. The van der Waals surface area contributed by atoms with Crippen molar-refractivity contribution >= 4 is 22.7 Å². The molecule has 106 valence electrons. The van der Waals surface area contributed by atoms with Crippen molar-refractivity contribution < 1.29 is 13.9 Å². The van der Waals surface area contributed by atoms with E-state index < -0.39 is 0 Å². The van der Waals surface area contributed by atoms with E-state index in [0.717, 1.165) is 11.0 Å². The molecule has 2 aromatic carbocycles. The summed E-state index contributed by atoms with van der Waals surface area (Å²) in [6.45, 7) is 1.08. The molecular weight excluding hydrogens is 273 g/mol. The summed E-state index contributed by atoms with van der Waals surface area (Å²) in [5.41, 5.74) is 2.22. The number of hydrogen-bond acceptors (Lipinski definition) is 4. The minimum atomic E-state index is -0.298. The van der Waals surface area contributed by atoms with E-state index in [2.05, 4.69) is 15.3 Å². The monoisotopic (exact) mass is 285 g/mol. The highest BCUT2D eigenvalue weighted by Gasteiger charge is 2.14. The number of benzene rings is 2. The van der Waals surface area contributed by atoms with Crippen LogP contribution in [0.3, 0.4) is 0 Å². The molecule has 0 saturated heterocycles. The van der Waals surface area contributed by atoms with E-state index in [1.165, 1.54) is 12.1 Å². The Balaban J connectivity index is 1.70. The van der Waals surface area contributed by atoms with Crippen LogP contribution in [0.15, 0.2) is 36.4 Å². The Bertz CT molecular complexity index is 773. The van der Waals surface area contributed by atoms with Crippen LogP contribution >= 0.6 is 0 Å². The third-order valence-electron chi connectivity index (χ3n) is 3.23. The number of aromatic amines is 1. The van der Waals surface area contributed by atoms with Gasteiger partial charge < -0.3 is 19.8 Å². The van der Waals surface area contributed by atoms with E-state index in [0.29, 0.717) is 36.3 Å². The molecular formula is C15H12FN3O2. The third-order valence-corrected chi connectivity index (χ3v) is 3.23. The molecule has 1 aliphatic rings. The van der Waals surface area contributed by atoms with Gasteiger partial charge in [0.25, 0.3) is 0 Å². The molecule has 6 heteroatoms. The van der Waals surface area contributed by atoms with Crippen LogP contribution in [0.5, 0.6) is 11.5 Å². The number of nitrogens with one attached hydrogen (secondary N) is 2. The van der Waals surface area contributed by atoms with E-state index in [9.17, 15) is 4.39 Å². The minimum absolute atomic E-state index is 0.298. The van der Waals surface area contributed by atoms with Crippen molar-refractivity contribution in [3.63, 3.8) is 0 Å². The lowest BCUT2D eigenvalue weighted by Crippen LogP contribution is -2.15. The number of halogens is 1. The van der Waals surface area contributed by atoms with E-state index in [-0.39, 0.29) is 5.82 Å². The Kier molecular flexibility index (Phi) is 2.67. The van der Waals surface area contributed by atoms with Crippen LogP contribution < -0.4 is 14.8 Å². The lowest BCUT2D eigenvalue weighted by Gasteiger charge is -2.17. The van der Waals surface area contributed by atoms with Crippen molar-refractivity contribution in [2.24, 2.45) is 0 Å². The Morgan fingerprint density at radius 2 is 1.90 bits per heavy atom. The van der Waals surface area contributed by atoms with Crippen molar-refractivity contribution in [2.45, 2.75) is 0 Å². The van der Waals surface area contributed by atoms with Crippen molar-refractivity contribution in [3.05, 3.63) is 42.2 Å². The van der Waals surface area contributed by atoms with E-state index in [1.807, 2.05) is 12.1 Å². The van der Waals surface area contributed by atoms with Crippen LogP contribution in [-0.2, 0) is 0 Å². The first-order valence-electron chi connectivity index (χ1n) is 6.60. The molecule has 0 aliphatic carbocycles. The number of imidazole rings is 1. The van der Waals surface area contributed by atoms with Crippen molar-refractivity contribution in [1.82, 2.24) is 9.97 Å². The van der Waals surface area contributed by atoms with Gasteiger partial charge in [0.1, 0.15) is 19.0 Å². The summed E-state index contributed by atoms with van der Waals surface area (Å²) in [5, 5.41) is 3.04. The first kappa shape index (κ1) is 12.0. The molecule has 0 spiro atoms. The zero-order valence-corrected chi connectivity index (χ0v) is 11.0. The predicted octanol–water partition coefficient (Wildman–Crippen LogP) is 3.22. The van der Waals surface area contributed by atoms with Crippen LogP contribution in [0, 0.1) is 5.82 Å². The lowest BCUT2D eigenvalue weighted by atomic mass is 10.2. The largest absolute Gasteiger partial charge is 0.486 e. The normalized spacial score (nSPS) is 13.4. The molecule has 1 aliphatic heterocycles. The highest BCUT2D eigenvalue weighted by atomic mass is 19.1. The highest BCUT2D eigenvalue weighted by Crippen LogP contribution is 2.34. The Labute approximate surface area is 119 Å². The van der Waals surface area contributed by atoms with Gasteiger partial charge in [-0.2, -0.15) is 0 Å². The van der Waals surface area contributed by atoms with Gasteiger partial charge in [-0.05, 0) is 18.2 Å². The first-order valence-corrected chi connectivity index (χ1v) is 6.60. The zero-order valence-electron chi connectivity index (χ0n) is 11.0. The van der Waals surface area contributed by atoms with Gasteiger partial charge in [-0.25, -0.2) is 9.37 Å². The first-order chi connectivity index (χ1) is 10.3. The van der Waals surface area contributed by atoms with Gasteiger partial charge in [-0.3, -0.25) is 0 Å². The lowest BCUT2D eigenvalue weighted by molar-refractivity contribution is 0.172. The molecule has 0 bridgehead atoms. The van der Waals surface area contributed by atoms with Gasteiger partial charge in [0.05, 0.1) is 11.0 Å². The number of rotatable bonds is 2. The molecule has 0 unspecified atom stereocenters. The van der Waals surface area contributed by atoms with Gasteiger partial charge in [0.15, 0.2) is 11.5 Å². The summed E-state index contributed by atoms with van der Waals surface area (Å²) in [4.78, 5) is 7.55. The SMILES string of the molecule is Fc1cccc(Nc2nc3cc4c(cc3[nH]2)OCCO4)c1. The van der Waals surface area contributed by atoms with Crippen molar-refractivity contribution in [2.75, 3.05) is 18.5 Å². The van der Waals surface area contributed by atoms with Crippen LogP contribution in [-0.4, -0.2) is 23.2 Å². The summed E-state index contributed by atoms with van der Waals surface area (Å²) in [6.07, 6.45) is 0. The van der Waals surface area contributed by atoms with Gasteiger partial charge in [0, 0.05) is 17.8 Å². The average Bonchev–Trinajstić information content (AvgIpc) is 2.85. The van der Waals surface area contributed by atoms with E-state index in [4.69, 9.17) is 9.47 Å². The summed E-state index contributed by atoms with van der Waals surface area (Å²) in [5.74, 6) is 1.64. The fourth-order valence-electron chi connectivity index (χ4n) is 2.31. The van der Waals surface area contributed by atoms with Gasteiger partial charge in [0.2, 0.25) is 5.95 Å². The Hall–Kier alpha value is -2.76. The number of nitrogens with zero attached hydrogens (tertiary/aromatic N) is 1. The Morgan fingerprint density at radius 3 is 2.71 bits per heavy atom. The van der Waals surface area contributed by atoms with E-state index >= 15 is 0 Å². The standard InChI is InChI=1S/C15H12FN3O2/c16-9-2-1-3-10(6-9)17-15-18-11-7-13-14(8-12(11)19-15)21-5-4-20-13/h1-3,6-8H,4-5H2,(H2,17,18,19). The molecule has 0 amide bonds. The second-order valence-electron chi connectivity index (χ2n) is 4.73. The molecule has 0 radical (unpaired) electrons. The molecule has 2 heterocycles. The maximum atomic E-state index is 13.2. The molecule has 4 rings (SSSR count). The van der Waals surface area contributed by atoms with Crippen LogP contribution in [0.4, 0.5) is 16.0 Å². The average molecular weight is 285 g/mol. The predicted molar refractivity (Wildman–Crippen MR) is 76.8 cm³/mol. The summed E-state index contributed by atoms with van der Waals surface area (Å²) >= 11 is 0. The quantitative estimate of drug-likeness (QED) is 0.759. The van der Waals surface area contributed by atoms with Crippen molar-refractivity contribution in [3.8, 4) is 11.5 Å². The van der Waals surface area contributed by atoms with Gasteiger partial charge in [-0.15, -0.1) is 0 Å². The molecule has 0 saturated carbocycles. The van der Waals surface area contributed by atoms with Gasteiger partial charge in [-0.1, -0.05) is 6.07 Å². The second-order valence-corrected chi connectivity index (χ2v) is 4.73. The van der Waals surface area contributed by atoms with Crippen LogP contribution in [0.25, 0.3) is 11.0 Å². The maximum absolute atomic E-state index is 13.2. The van der Waals surface area contributed by atoms with Crippen LogP contribution in [0.1, 0.15) is 0 Å². The highest BCUT2D eigenvalue weighted by molar-refractivity contribution is 5.82. The fraction of sp³-hybridized carbons (Fsp3) is 0.133. The molecule has 0 atom stereocenters. The third kappa shape index (κ3) is 2.24. The topological polar surface area (TPSA) is 59.2 Å². The smallest absolute Gasteiger partial charge is 0.205 e. The molecule has 0 fully saturated rings. The fourth-order valence-corrected chi connectivity index (χ4v) is 2.31. The van der Waals surface area contributed by atoms with Gasteiger partial charge >= 0.3 is 0 Å². The summed E-state index contributed by atoms with van der Waals surface area (Å²) < 4.78 is 24.2. The maximum Gasteiger partial charge on any atom is 0.205 e.